The molecule has 0 aliphatic rings. The van der Waals surface area contributed by atoms with Crippen LogP contribution in [0.25, 0.3) is 0 Å². The summed E-state index contributed by atoms with van der Waals surface area (Å²) in [5.74, 6) is -0.0679. The zero-order valence-electron chi connectivity index (χ0n) is 45.7. The van der Waals surface area contributed by atoms with E-state index >= 15 is 0 Å². The molecule has 0 saturated carbocycles. The lowest BCUT2D eigenvalue weighted by atomic mass is 10.0. The number of allylic oxidation sites excluding steroid dienone is 5. The first kappa shape index (κ1) is 65.6. The van der Waals surface area contributed by atoms with Crippen molar-refractivity contribution >= 4 is 5.91 Å². The van der Waals surface area contributed by atoms with Gasteiger partial charge in [0.15, 0.2) is 0 Å². The van der Waals surface area contributed by atoms with E-state index in [1.807, 2.05) is 6.08 Å². The van der Waals surface area contributed by atoms with Gasteiger partial charge in [0, 0.05) is 6.42 Å². The van der Waals surface area contributed by atoms with Gasteiger partial charge >= 0.3 is 0 Å². The normalized spacial score (nSPS) is 13.0. The number of aliphatic hydroxyl groups is 2. The summed E-state index contributed by atoms with van der Waals surface area (Å²) in [5, 5.41) is 23.2. The van der Waals surface area contributed by atoms with Crippen molar-refractivity contribution in [3.05, 3.63) is 36.5 Å². The fourth-order valence-electron chi connectivity index (χ4n) is 9.66. The van der Waals surface area contributed by atoms with Crippen molar-refractivity contribution in [2.24, 2.45) is 0 Å². The summed E-state index contributed by atoms with van der Waals surface area (Å²) >= 11 is 0. The van der Waals surface area contributed by atoms with E-state index in [1.165, 1.54) is 289 Å². The molecule has 4 nitrogen and oxygen atoms in total. The number of carbonyl (C=O) groups excluding carboxylic acids is 1. The summed E-state index contributed by atoms with van der Waals surface area (Å²) in [5.41, 5.74) is 0. The van der Waals surface area contributed by atoms with Gasteiger partial charge < -0.3 is 15.5 Å². The summed E-state index contributed by atoms with van der Waals surface area (Å²) in [4.78, 5) is 12.5. The quantitative estimate of drug-likeness (QED) is 0.0420. The van der Waals surface area contributed by atoms with Gasteiger partial charge in [0.05, 0.1) is 18.8 Å². The number of carbonyl (C=O) groups is 1. The lowest BCUT2D eigenvalue weighted by Crippen LogP contribution is -2.45. The third kappa shape index (κ3) is 55.4. The topological polar surface area (TPSA) is 69.6 Å². The molecule has 0 spiro atoms. The number of unbranched alkanes of at least 4 members (excludes halogenated alkanes) is 46. The van der Waals surface area contributed by atoms with Crippen LogP contribution in [-0.2, 0) is 4.79 Å². The Hall–Kier alpha value is -1.39. The first-order chi connectivity index (χ1) is 33.2. The summed E-state index contributed by atoms with van der Waals surface area (Å²) in [6.45, 7) is 4.33. The Morgan fingerprint density at radius 3 is 0.866 bits per heavy atom. The van der Waals surface area contributed by atoms with Crippen molar-refractivity contribution in [3.63, 3.8) is 0 Å². The zero-order chi connectivity index (χ0) is 48.5. The largest absolute Gasteiger partial charge is 0.394 e. The second-order valence-electron chi connectivity index (χ2n) is 21.1. The van der Waals surface area contributed by atoms with Gasteiger partial charge in [-0.05, 0) is 57.8 Å². The van der Waals surface area contributed by atoms with E-state index in [4.69, 9.17) is 0 Å². The number of amides is 1. The van der Waals surface area contributed by atoms with Gasteiger partial charge in [-0.2, -0.15) is 0 Å². The monoisotopic (exact) mass is 940 g/mol. The molecule has 0 rings (SSSR count). The molecule has 0 saturated heterocycles. The molecule has 0 aromatic heterocycles. The van der Waals surface area contributed by atoms with Crippen molar-refractivity contribution in [3.8, 4) is 0 Å². The maximum atomic E-state index is 12.5. The molecule has 1 amide bonds. The average molecular weight is 941 g/mol. The van der Waals surface area contributed by atoms with Crippen molar-refractivity contribution < 1.29 is 15.0 Å². The molecule has 0 bridgehead atoms. The maximum Gasteiger partial charge on any atom is 0.220 e. The fraction of sp³-hybridized carbons (Fsp3) is 0.889. The lowest BCUT2D eigenvalue weighted by Gasteiger charge is -2.19. The van der Waals surface area contributed by atoms with Crippen molar-refractivity contribution in [1.82, 2.24) is 5.32 Å². The summed E-state index contributed by atoms with van der Waals surface area (Å²) in [6, 6.07) is -0.638. The number of rotatable bonds is 57. The predicted molar refractivity (Wildman–Crippen MR) is 299 cm³/mol. The van der Waals surface area contributed by atoms with Gasteiger partial charge in [0.1, 0.15) is 0 Å². The van der Waals surface area contributed by atoms with Gasteiger partial charge in [0.2, 0.25) is 5.91 Å². The third-order valence-electron chi connectivity index (χ3n) is 14.3. The first-order valence-corrected chi connectivity index (χ1v) is 30.7. The van der Waals surface area contributed by atoms with Crippen LogP contribution < -0.4 is 5.32 Å². The zero-order valence-corrected chi connectivity index (χ0v) is 45.7. The first-order valence-electron chi connectivity index (χ1n) is 30.7. The summed E-state index contributed by atoms with van der Waals surface area (Å²) in [7, 11) is 0. The smallest absolute Gasteiger partial charge is 0.220 e. The summed E-state index contributed by atoms with van der Waals surface area (Å²) in [6.07, 6.45) is 80.6. The number of aliphatic hydroxyl groups excluding tert-OH is 2. The predicted octanol–water partition coefficient (Wildman–Crippen LogP) is 20.4. The van der Waals surface area contributed by atoms with E-state index < -0.39 is 12.1 Å². The van der Waals surface area contributed by atoms with Gasteiger partial charge in [-0.15, -0.1) is 0 Å². The van der Waals surface area contributed by atoms with Crippen molar-refractivity contribution in [1.29, 1.82) is 0 Å². The standard InChI is InChI=1S/C63H121NO3/c1-3-5-7-9-11-13-15-17-19-21-23-25-26-27-28-29-30-31-32-33-34-35-36-37-38-39-41-43-45-47-49-51-53-55-57-59-63(67)64-61(60-65)62(66)58-56-54-52-50-48-46-44-42-40-24-22-20-18-16-14-12-10-8-6-4-2/h29-30,48,50,56,58,61-62,65-66H,3-28,31-47,49,51-55,57,59-60H2,1-2H3,(H,64,67)/b30-29-,50-48+,58-56+. The van der Waals surface area contributed by atoms with E-state index in [-0.39, 0.29) is 12.5 Å². The van der Waals surface area contributed by atoms with Crippen LogP contribution in [0, 0.1) is 0 Å². The van der Waals surface area contributed by atoms with Crippen LogP contribution in [0.2, 0.25) is 0 Å². The third-order valence-corrected chi connectivity index (χ3v) is 14.3. The highest BCUT2D eigenvalue weighted by Gasteiger charge is 2.18. The highest BCUT2D eigenvalue weighted by Crippen LogP contribution is 2.18. The SMILES string of the molecule is CCCCCCCCCCCCCCCC/C=C\CCCCCCCCCCCCCCCCCCCC(=O)NC(CO)C(O)/C=C/CC/C=C/CCCCCCCCCCCCCCCC. The minimum Gasteiger partial charge on any atom is -0.394 e. The Bertz CT molecular complexity index is 1020. The molecule has 396 valence electrons. The number of nitrogens with one attached hydrogen (secondary N) is 1. The van der Waals surface area contributed by atoms with Gasteiger partial charge in [-0.3, -0.25) is 4.79 Å². The van der Waals surface area contributed by atoms with Gasteiger partial charge in [-0.25, -0.2) is 0 Å². The van der Waals surface area contributed by atoms with Gasteiger partial charge in [0.25, 0.3) is 0 Å². The van der Waals surface area contributed by atoms with Crippen LogP contribution in [-0.4, -0.2) is 34.9 Å². The van der Waals surface area contributed by atoms with Crippen LogP contribution >= 0.6 is 0 Å². The summed E-state index contributed by atoms with van der Waals surface area (Å²) < 4.78 is 0. The molecule has 0 heterocycles. The van der Waals surface area contributed by atoms with Crippen LogP contribution in [0.15, 0.2) is 36.5 Å². The van der Waals surface area contributed by atoms with Crippen molar-refractivity contribution in [2.75, 3.05) is 6.61 Å². The molecule has 0 aromatic rings. The molecule has 2 atom stereocenters. The molecule has 67 heavy (non-hydrogen) atoms. The van der Waals surface area contributed by atoms with Gasteiger partial charge in [-0.1, -0.05) is 314 Å². The Morgan fingerprint density at radius 2 is 0.582 bits per heavy atom. The Labute approximate surface area is 421 Å². The molecule has 3 N–H and O–H groups in total. The van der Waals surface area contributed by atoms with Crippen LogP contribution in [0.4, 0.5) is 0 Å². The molecular weight excluding hydrogens is 819 g/mol. The molecule has 0 aromatic carbocycles. The molecular formula is C63H121NO3. The molecule has 0 radical (unpaired) electrons. The highest BCUT2D eigenvalue weighted by molar-refractivity contribution is 5.76. The average Bonchev–Trinajstić information content (AvgIpc) is 3.33. The second kappa shape index (κ2) is 58.9. The Morgan fingerprint density at radius 1 is 0.343 bits per heavy atom. The molecule has 0 aliphatic carbocycles. The minimum absolute atomic E-state index is 0.0679. The lowest BCUT2D eigenvalue weighted by molar-refractivity contribution is -0.123. The van der Waals surface area contributed by atoms with Crippen LogP contribution in [0.5, 0.6) is 0 Å². The van der Waals surface area contributed by atoms with Crippen LogP contribution in [0.3, 0.4) is 0 Å². The molecule has 0 aliphatic heterocycles. The van der Waals surface area contributed by atoms with E-state index in [1.54, 1.807) is 6.08 Å². The molecule has 2 unspecified atom stereocenters. The van der Waals surface area contributed by atoms with E-state index in [0.29, 0.717) is 6.42 Å². The minimum atomic E-state index is -0.861. The van der Waals surface area contributed by atoms with E-state index in [0.717, 1.165) is 32.1 Å². The van der Waals surface area contributed by atoms with E-state index in [2.05, 4.69) is 43.5 Å². The fourth-order valence-corrected chi connectivity index (χ4v) is 9.66. The maximum absolute atomic E-state index is 12.5. The van der Waals surface area contributed by atoms with Crippen molar-refractivity contribution in [2.45, 2.75) is 353 Å². The van der Waals surface area contributed by atoms with Crippen LogP contribution in [0.1, 0.15) is 341 Å². The number of hydrogen-bond acceptors (Lipinski definition) is 3. The molecule has 0 fully saturated rings. The van der Waals surface area contributed by atoms with E-state index in [9.17, 15) is 15.0 Å². The highest BCUT2D eigenvalue weighted by atomic mass is 16.3. The molecule has 4 heteroatoms. The Kier molecular flexibility index (Phi) is 57.7. The Balaban J connectivity index is 3.45. The second-order valence-corrected chi connectivity index (χ2v) is 21.1. The number of hydrogen-bond donors (Lipinski definition) is 3.